The SMILES string of the molecule is Cc1ccc(S(=O)(=O)Np2oc3c(C(C)(C)C)cc(C(C)(C)C)cc3c3cc(C(C)(C)C)cc(C(C)(C)C)c3o2)cc1. The van der Waals surface area contributed by atoms with E-state index in [-0.39, 0.29) is 26.6 Å². The van der Waals surface area contributed by atoms with Gasteiger partial charge in [-0.3, -0.25) is 0 Å². The lowest BCUT2D eigenvalue weighted by Gasteiger charge is -2.27. The van der Waals surface area contributed by atoms with Crippen molar-refractivity contribution in [1.82, 2.24) is 0 Å². The Morgan fingerprint density at radius 2 is 0.976 bits per heavy atom. The van der Waals surface area contributed by atoms with Crippen LogP contribution in [0.2, 0.25) is 0 Å². The lowest BCUT2D eigenvalue weighted by Crippen LogP contribution is -2.17. The minimum Gasteiger partial charge on any atom is -0.407 e. The fraction of sp³-hybridized carbons (Fsp3) is 0.486. The summed E-state index contributed by atoms with van der Waals surface area (Å²) >= 11 is 0. The zero-order valence-corrected chi connectivity index (χ0v) is 29.3. The molecule has 4 rings (SSSR count). The van der Waals surface area contributed by atoms with Gasteiger partial charge in [0.05, 0.1) is 4.90 Å². The smallest absolute Gasteiger partial charge is 0.321 e. The summed E-state index contributed by atoms with van der Waals surface area (Å²) in [5, 5.41) is 1.86. The Kier molecular flexibility index (Phi) is 8.15. The van der Waals surface area contributed by atoms with Gasteiger partial charge in [0.1, 0.15) is 11.2 Å². The van der Waals surface area contributed by atoms with Gasteiger partial charge in [0.25, 0.3) is 10.0 Å². The Morgan fingerprint density at radius 3 is 1.31 bits per heavy atom. The average Bonchev–Trinajstić information content (AvgIpc) is 2.96. The van der Waals surface area contributed by atoms with Crippen molar-refractivity contribution in [3.8, 4) is 0 Å². The van der Waals surface area contributed by atoms with Crippen LogP contribution in [0.4, 0.5) is 0 Å². The quantitative estimate of drug-likeness (QED) is 0.251. The molecule has 1 heterocycles. The van der Waals surface area contributed by atoms with Crippen LogP contribution in [0.15, 0.2) is 61.8 Å². The number of sulfonamides is 1. The van der Waals surface area contributed by atoms with Crippen LogP contribution in [0, 0.1) is 6.92 Å². The second kappa shape index (κ2) is 10.6. The molecule has 0 amide bonds. The van der Waals surface area contributed by atoms with Crippen molar-refractivity contribution >= 4 is 40.1 Å². The molecule has 1 aromatic heterocycles. The molecule has 0 bridgehead atoms. The van der Waals surface area contributed by atoms with Crippen molar-refractivity contribution in [2.75, 3.05) is 4.49 Å². The van der Waals surface area contributed by atoms with Gasteiger partial charge >= 0.3 is 8.16 Å². The van der Waals surface area contributed by atoms with Crippen molar-refractivity contribution < 1.29 is 16.8 Å². The van der Waals surface area contributed by atoms with E-state index in [1.165, 1.54) is 11.1 Å². The maximum atomic E-state index is 13.6. The Hall–Kier alpha value is -2.53. The van der Waals surface area contributed by atoms with Gasteiger partial charge in [-0.1, -0.05) is 113 Å². The summed E-state index contributed by atoms with van der Waals surface area (Å²) in [5.74, 6) is 0. The predicted molar refractivity (Wildman–Crippen MR) is 179 cm³/mol. The molecule has 0 aliphatic heterocycles. The molecule has 3 aromatic carbocycles. The van der Waals surface area contributed by atoms with Crippen molar-refractivity contribution in [3.63, 3.8) is 0 Å². The number of nitrogens with one attached hydrogen (secondary N) is 1. The molecule has 0 radical (unpaired) electrons. The zero-order valence-electron chi connectivity index (χ0n) is 27.6. The lowest BCUT2D eigenvalue weighted by molar-refractivity contribution is 0.557. The summed E-state index contributed by atoms with van der Waals surface area (Å²) in [6, 6.07) is 15.6. The molecular weight excluding hydrogens is 561 g/mol. The molecule has 228 valence electrons. The van der Waals surface area contributed by atoms with Crippen LogP contribution in [0.1, 0.15) is 111 Å². The van der Waals surface area contributed by atoms with Crippen LogP contribution in [0.5, 0.6) is 0 Å². The largest absolute Gasteiger partial charge is 0.407 e. The molecule has 0 spiro atoms. The van der Waals surface area contributed by atoms with Crippen LogP contribution in [0.25, 0.3) is 21.9 Å². The van der Waals surface area contributed by atoms with E-state index < -0.39 is 18.2 Å². The van der Waals surface area contributed by atoms with Crippen LogP contribution in [0.3, 0.4) is 0 Å². The number of rotatable bonds is 3. The number of fused-ring (bicyclic) bond motifs is 3. The number of aryl methyl sites for hydroxylation is 1. The van der Waals surface area contributed by atoms with Gasteiger partial charge in [-0.05, 0) is 64.0 Å². The molecule has 42 heavy (non-hydrogen) atoms. The maximum absolute atomic E-state index is 13.6. The average molecular weight is 610 g/mol. The first-order chi connectivity index (χ1) is 19.0. The fourth-order valence-electron chi connectivity index (χ4n) is 4.92. The molecule has 0 atom stereocenters. The minimum atomic E-state index is -3.93. The number of hydrogen-bond acceptors (Lipinski definition) is 4. The molecule has 4 aromatic rings. The van der Waals surface area contributed by atoms with Gasteiger partial charge < -0.3 is 8.39 Å². The van der Waals surface area contributed by atoms with E-state index in [9.17, 15) is 8.42 Å². The summed E-state index contributed by atoms with van der Waals surface area (Å²) in [7, 11) is -6.06. The summed E-state index contributed by atoms with van der Waals surface area (Å²) in [4.78, 5) is 0.172. The molecule has 0 unspecified atom stereocenters. The highest BCUT2D eigenvalue weighted by Gasteiger charge is 2.29. The van der Waals surface area contributed by atoms with E-state index in [1.807, 2.05) is 6.92 Å². The molecule has 7 heteroatoms. The Labute approximate surface area is 253 Å². The Morgan fingerprint density at radius 1 is 0.595 bits per heavy atom. The third-order valence-corrected chi connectivity index (χ3v) is 10.8. The zero-order chi connectivity index (χ0) is 31.6. The lowest BCUT2D eigenvalue weighted by atomic mass is 9.77. The first-order valence-corrected chi connectivity index (χ1v) is 17.3. The third-order valence-electron chi connectivity index (χ3n) is 7.69. The van der Waals surface area contributed by atoms with Crippen molar-refractivity contribution in [2.45, 2.75) is 117 Å². The molecule has 0 saturated heterocycles. The molecule has 0 aliphatic carbocycles. The van der Waals surface area contributed by atoms with Gasteiger partial charge in [0, 0.05) is 21.9 Å². The Balaban J connectivity index is 2.27. The third kappa shape index (κ3) is 6.67. The maximum Gasteiger partial charge on any atom is 0.321 e. The molecule has 5 nitrogen and oxygen atoms in total. The molecule has 0 fully saturated rings. The normalized spacial score (nSPS) is 13.6. The van der Waals surface area contributed by atoms with E-state index in [2.05, 4.69) is 112 Å². The fourth-order valence-corrected chi connectivity index (χ4v) is 7.69. The van der Waals surface area contributed by atoms with E-state index in [4.69, 9.17) is 8.39 Å². The van der Waals surface area contributed by atoms with Crippen molar-refractivity contribution in [1.29, 1.82) is 0 Å². The first-order valence-electron chi connectivity index (χ1n) is 14.6. The molecule has 1 N–H and O–H groups in total. The van der Waals surface area contributed by atoms with Crippen LogP contribution < -0.4 is 4.49 Å². The number of benzene rings is 3. The highest BCUT2D eigenvalue weighted by molar-refractivity contribution is 7.97. The Bertz CT molecular complexity index is 1700. The first kappa shape index (κ1) is 32.4. The predicted octanol–water partition coefficient (Wildman–Crippen LogP) is 10.7. The molecule has 0 aliphatic rings. The summed E-state index contributed by atoms with van der Waals surface area (Å²) in [6.07, 6.45) is 0. The van der Waals surface area contributed by atoms with Gasteiger partial charge in [-0.2, -0.15) is 0 Å². The van der Waals surface area contributed by atoms with Crippen LogP contribution >= 0.6 is 8.16 Å². The van der Waals surface area contributed by atoms with Crippen LogP contribution in [-0.4, -0.2) is 8.42 Å². The van der Waals surface area contributed by atoms with E-state index in [0.29, 0.717) is 11.2 Å². The second-order valence-corrected chi connectivity index (χ2v) is 18.7. The highest BCUT2D eigenvalue weighted by atomic mass is 32.2. The summed E-state index contributed by atoms with van der Waals surface area (Å²) in [5.41, 5.74) is 5.93. The molecular formula is C35H48NO4PS. The van der Waals surface area contributed by atoms with Gasteiger partial charge in [0.2, 0.25) is 0 Å². The summed E-state index contributed by atoms with van der Waals surface area (Å²) in [6.45, 7) is 28.2. The summed E-state index contributed by atoms with van der Waals surface area (Å²) < 4.78 is 43.4. The van der Waals surface area contributed by atoms with Crippen molar-refractivity contribution in [2.24, 2.45) is 0 Å². The van der Waals surface area contributed by atoms with Gasteiger partial charge in [-0.15, -0.1) is 4.49 Å². The van der Waals surface area contributed by atoms with E-state index in [1.54, 1.807) is 24.3 Å². The minimum absolute atomic E-state index is 0.116. The van der Waals surface area contributed by atoms with E-state index in [0.717, 1.165) is 27.5 Å². The van der Waals surface area contributed by atoms with Crippen LogP contribution in [-0.2, 0) is 31.7 Å². The van der Waals surface area contributed by atoms with Crippen molar-refractivity contribution in [3.05, 3.63) is 76.3 Å². The van der Waals surface area contributed by atoms with Gasteiger partial charge in [0.15, 0.2) is 0 Å². The monoisotopic (exact) mass is 609 g/mol. The topological polar surface area (TPSA) is 72.5 Å². The highest BCUT2D eigenvalue weighted by Crippen LogP contribution is 2.45. The second-order valence-electron chi connectivity index (χ2n) is 15.6. The van der Waals surface area contributed by atoms with E-state index >= 15 is 0 Å². The van der Waals surface area contributed by atoms with Gasteiger partial charge in [-0.25, -0.2) is 8.42 Å². The molecule has 0 saturated carbocycles. The number of hydrogen-bond donors (Lipinski definition) is 1. The standard InChI is InChI=1S/C35H48NO4PS/c1-22-14-16-25(17-15-22)42(37,38)36-41-39-30-26(18-23(32(2,3)4)20-28(30)34(8,9)10)27-19-24(33(5,6)7)21-29(31(27)40-41)35(11,12)13/h14-21,36H,1-13H3.